The van der Waals surface area contributed by atoms with Gasteiger partial charge in [0.2, 0.25) is 0 Å². The lowest BCUT2D eigenvalue weighted by molar-refractivity contribution is -0.385. The summed E-state index contributed by atoms with van der Waals surface area (Å²) >= 11 is 5.77. The lowest BCUT2D eigenvalue weighted by Crippen LogP contribution is -2.14. The lowest BCUT2D eigenvalue weighted by atomic mass is 10.1. The van der Waals surface area contributed by atoms with Crippen molar-refractivity contribution in [3.05, 3.63) is 63.2 Å². The van der Waals surface area contributed by atoms with E-state index in [1.807, 2.05) is 0 Å². The van der Waals surface area contributed by atoms with Crippen LogP contribution in [0.5, 0.6) is 5.75 Å². The van der Waals surface area contributed by atoms with Gasteiger partial charge in [-0.05, 0) is 24.3 Å². The number of halogens is 3. The third-order valence-corrected chi connectivity index (χ3v) is 3.05. The molecular formula is C14H9ClF2N2O4. The van der Waals surface area contributed by atoms with E-state index < -0.39 is 17.4 Å². The van der Waals surface area contributed by atoms with Crippen molar-refractivity contribution in [2.24, 2.45) is 0 Å². The minimum absolute atomic E-state index is 0.134. The predicted molar refractivity (Wildman–Crippen MR) is 79.1 cm³/mol. The molecule has 9 heteroatoms. The number of hydrogen-bond acceptors (Lipinski definition) is 4. The summed E-state index contributed by atoms with van der Waals surface area (Å²) in [5, 5.41) is 13.2. The molecule has 2 aromatic rings. The Kier molecular flexibility index (Phi) is 5.07. The number of hydrogen-bond donors (Lipinski definition) is 1. The lowest BCUT2D eigenvalue weighted by Gasteiger charge is -2.09. The van der Waals surface area contributed by atoms with Crippen LogP contribution >= 0.6 is 11.6 Å². The SMILES string of the molecule is O=C(Nc1ccc(OC(F)F)c(Cl)c1)c1ccccc1[N+](=O)[O-]. The first-order valence-electron chi connectivity index (χ1n) is 6.17. The minimum Gasteiger partial charge on any atom is -0.433 e. The van der Waals surface area contributed by atoms with Crippen LogP contribution in [-0.2, 0) is 0 Å². The smallest absolute Gasteiger partial charge is 0.387 e. The third-order valence-electron chi connectivity index (χ3n) is 2.75. The number of amides is 1. The van der Waals surface area contributed by atoms with Crippen molar-refractivity contribution in [3.63, 3.8) is 0 Å². The van der Waals surface area contributed by atoms with Gasteiger partial charge in [-0.25, -0.2) is 0 Å². The summed E-state index contributed by atoms with van der Waals surface area (Å²) in [7, 11) is 0. The maximum Gasteiger partial charge on any atom is 0.387 e. The Bertz CT molecular complexity index is 755. The fourth-order valence-electron chi connectivity index (χ4n) is 1.79. The van der Waals surface area contributed by atoms with Crippen molar-refractivity contribution < 1.29 is 23.2 Å². The van der Waals surface area contributed by atoms with Crippen LogP contribution in [0.4, 0.5) is 20.2 Å². The van der Waals surface area contributed by atoms with Gasteiger partial charge < -0.3 is 10.1 Å². The van der Waals surface area contributed by atoms with Crippen molar-refractivity contribution in [1.29, 1.82) is 0 Å². The van der Waals surface area contributed by atoms with Crippen LogP contribution < -0.4 is 10.1 Å². The molecule has 2 aromatic carbocycles. The molecule has 0 aromatic heterocycles. The van der Waals surface area contributed by atoms with Crippen LogP contribution in [0.25, 0.3) is 0 Å². The zero-order valence-corrected chi connectivity index (χ0v) is 12.1. The zero-order valence-electron chi connectivity index (χ0n) is 11.3. The quantitative estimate of drug-likeness (QED) is 0.655. The Morgan fingerprint density at radius 1 is 1.26 bits per heavy atom. The summed E-state index contributed by atoms with van der Waals surface area (Å²) in [6.07, 6.45) is 0. The number of nitro benzene ring substituents is 1. The molecule has 23 heavy (non-hydrogen) atoms. The number of rotatable bonds is 5. The maximum absolute atomic E-state index is 12.1. The van der Waals surface area contributed by atoms with Crippen LogP contribution in [0.2, 0.25) is 5.02 Å². The second kappa shape index (κ2) is 7.01. The molecule has 0 aliphatic heterocycles. The van der Waals surface area contributed by atoms with E-state index in [1.165, 1.54) is 36.4 Å². The number of nitro groups is 1. The second-order valence-corrected chi connectivity index (χ2v) is 4.66. The number of para-hydroxylation sites is 1. The second-order valence-electron chi connectivity index (χ2n) is 4.25. The van der Waals surface area contributed by atoms with E-state index in [9.17, 15) is 23.7 Å². The summed E-state index contributed by atoms with van der Waals surface area (Å²) in [5.41, 5.74) is -0.310. The normalized spacial score (nSPS) is 10.4. The molecule has 120 valence electrons. The minimum atomic E-state index is -3.03. The average Bonchev–Trinajstić information content (AvgIpc) is 2.49. The van der Waals surface area contributed by atoms with Crippen molar-refractivity contribution in [3.8, 4) is 5.75 Å². The molecule has 0 atom stereocenters. The van der Waals surface area contributed by atoms with Crippen molar-refractivity contribution in [2.75, 3.05) is 5.32 Å². The molecule has 0 radical (unpaired) electrons. The first-order chi connectivity index (χ1) is 10.9. The van der Waals surface area contributed by atoms with E-state index >= 15 is 0 Å². The van der Waals surface area contributed by atoms with Gasteiger partial charge in [0.25, 0.3) is 11.6 Å². The number of alkyl halides is 2. The number of carbonyl (C=O) groups excluding carboxylic acids is 1. The molecule has 0 unspecified atom stereocenters. The number of nitrogens with zero attached hydrogens (tertiary/aromatic N) is 1. The standard InChI is InChI=1S/C14H9ClF2N2O4/c15-10-7-8(5-6-12(10)23-14(16)17)18-13(20)9-3-1-2-4-11(9)19(21)22/h1-7,14H,(H,18,20). The Morgan fingerprint density at radius 2 is 1.96 bits per heavy atom. The molecular weight excluding hydrogens is 334 g/mol. The van der Waals surface area contributed by atoms with Crippen LogP contribution in [-0.4, -0.2) is 17.4 Å². The van der Waals surface area contributed by atoms with Gasteiger partial charge in [0.05, 0.1) is 9.95 Å². The van der Waals surface area contributed by atoms with Crippen LogP contribution in [0.3, 0.4) is 0 Å². The van der Waals surface area contributed by atoms with Gasteiger partial charge in [-0.1, -0.05) is 23.7 Å². The van der Waals surface area contributed by atoms with Gasteiger partial charge >= 0.3 is 6.61 Å². The van der Waals surface area contributed by atoms with Gasteiger partial charge in [-0.2, -0.15) is 8.78 Å². The number of carbonyl (C=O) groups is 1. The number of ether oxygens (including phenoxy) is 1. The highest BCUT2D eigenvalue weighted by atomic mass is 35.5. The fourth-order valence-corrected chi connectivity index (χ4v) is 2.02. The van der Waals surface area contributed by atoms with E-state index in [0.29, 0.717) is 0 Å². The highest BCUT2D eigenvalue weighted by molar-refractivity contribution is 6.32. The van der Waals surface area contributed by atoms with Crippen molar-refractivity contribution in [1.82, 2.24) is 0 Å². The van der Waals surface area contributed by atoms with Crippen LogP contribution in [0.1, 0.15) is 10.4 Å². The molecule has 1 amide bonds. The van der Waals surface area contributed by atoms with Gasteiger partial charge in [0, 0.05) is 11.8 Å². The highest BCUT2D eigenvalue weighted by Crippen LogP contribution is 2.29. The molecule has 0 saturated carbocycles. The molecule has 0 bridgehead atoms. The molecule has 0 heterocycles. The topological polar surface area (TPSA) is 81.5 Å². The number of benzene rings is 2. The Balaban J connectivity index is 2.21. The third kappa shape index (κ3) is 4.13. The Labute approximate surface area is 133 Å². The van der Waals surface area contributed by atoms with E-state index in [2.05, 4.69) is 10.1 Å². The van der Waals surface area contributed by atoms with E-state index in [-0.39, 0.29) is 27.7 Å². The van der Waals surface area contributed by atoms with E-state index in [4.69, 9.17) is 11.6 Å². The van der Waals surface area contributed by atoms with Gasteiger partial charge in [0.15, 0.2) is 0 Å². The van der Waals surface area contributed by atoms with Crippen molar-refractivity contribution >= 4 is 28.9 Å². The zero-order chi connectivity index (χ0) is 17.0. The van der Waals surface area contributed by atoms with Gasteiger partial charge in [-0.15, -0.1) is 0 Å². The maximum atomic E-state index is 12.1. The summed E-state index contributed by atoms with van der Waals surface area (Å²) in [5.74, 6) is -0.971. The number of anilines is 1. The molecule has 0 aliphatic rings. The first kappa shape index (κ1) is 16.6. The van der Waals surface area contributed by atoms with Crippen LogP contribution in [0.15, 0.2) is 42.5 Å². The Morgan fingerprint density at radius 3 is 2.57 bits per heavy atom. The van der Waals surface area contributed by atoms with Crippen LogP contribution in [0, 0.1) is 10.1 Å². The van der Waals surface area contributed by atoms with Gasteiger partial charge in [0.1, 0.15) is 11.3 Å². The Hall–Kier alpha value is -2.74. The molecule has 0 aliphatic carbocycles. The monoisotopic (exact) mass is 342 g/mol. The molecule has 0 spiro atoms. The molecule has 0 fully saturated rings. The van der Waals surface area contributed by atoms with E-state index in [1.54, 1.807) is 0 Å². The first-order valence-corrected chi connectivity index (χ1v) is 6.55. The summed E-state index contributed by atoms with van der Waals surface area (Å²) in [4.78, 5) is 22.3. The van der Waals surface area contributed by atoms with E-state index in [0.717, 1.165) is 6.07 Å². The predicted octanol–water partition coefficient (Wildman–Crippen LogP) is 4.10. The molecule has 6 nitrogen and oxygen atoms in total. The molecule has 1 N–H and O–H groups in total. The summed E-state index contributed by atoms with van der Waals surface area (Å²) < 4.78 is 28.4. The number of nitrogens with one attached hydrogen (secondary N) is 1. The average molecular weight is 343 g/mol. The van der Waals surface area contributed by atoms with Gasteiger partial charge in [-0.3, -0.25) is 14.9 Å². The summed E-state index contributed by atoms with van der Waals surface area (Å²) in [6, 6.07) is 9.05. The highest BCUT2D eigenvalue weighted by Gasteiger charge is 2.19. The largest absolute Gasteiger partial charge is 0.433 e. The van der Waals surface area contributed by atoms with Crippen molar-refractivity contribution in [2.45, 2.75) is 6.61 Å². The fraction of sp³-hybridized carbons (Fsp3) is 0.0714. The molecule has 2 rings (SSSR count). The molecule has 0 saturated heterocycles. The summed E-state index contributed by atoms with van der Waals surface area (Å²) in [6.45, 7) is -3.03.